The number of ether oxygens (including phenoxy) is 1. The lowest BCUT2D eigenvalue weighted by Gasteiger charge is -2.25. The Labute approximate surface area is 115 Å². The summed E-state index contributed by atoms with van der Waals surface area (Å²) in [5.41, 5.74) is 1.34. The van der Waals surface area contributed by atoms with Crippen molar-refractivity contribution in [3.8, 4) is 5.75 Å². The molecular formula is C16H24N2O. The normalized spacial score (nSPS) is 28.3. The Morgan fingerprint density at radius 1 is 1.21 bits per heavy atom. The molecule has 3 unspecified atom stereocenters. The molecule has 0 aliphatic carbocycles. The van der Waals surface area contributed by atoms with E-state index in [1.807, 2.05) is 12.1 Å². The quantitative estimate of drug-likeness (QED) is 0.900. The smallest absolute Gasteiger partial charge is 0.118 e. The van der Waals surface area contributed by atoms with E-state index >= 15 is 0 Å². The van der Waals surface area contributed by atoms with Crippen LogP contribution in [-0.2, 0) is 0 Å². The molecule has 0 bridgehead atoms. The molecule has 2 aliphatic heterocycles. The summed E-state index contributed by atoms with van der Waals surface area (Å²) in [6.45, 7) is 4.84. The maximum Gasteiger partial charge on any atom is 0.118 e. The van der Waals surface area contributed by atoms with Gasteiger partial charge < -0.3 is 10.1 Å². The van der Waals surface area contributed by atoms with Gasteiger partial charge in [-0.1, -0.05) is 12.1 Å². The number of hydrogen-bond acceptors (Lipinski definition) is 3. The fraction of sp³-hybridized carbons (Fsp3) is 0.625. The topological polar surface area (TPSA) is 24.5 Å². The highest BCUT2D eigenvalue weighted by atomic mass is 16.5. The van der Waals surface area contributed by atoms with Crippen LogP contribution in [0.4, 0.5) is 0 Å². The minimum Gasteiger partial charge on any atom is -0.497 e. The van der Waals surface area contributed by atoms with Gasteiger partial charge in [-0.3, -0.25) is 4.90 Å². The summed E-state index contributed by atoms with van der Waals surface area (Å²) in [5, 5.41) is 3.82. The van der Waals surface area contributed by atoms with E-state index in [2.05, 4.69) is 29.3 Å². The van der Waals surface area contributed by atoms with Crippen LogP contribution in [0, 0.1) is 0 Å². The van der Waals surface area contributed by atoms with E-state index in [0.717, 1.165) is 11.8 Å². The lowest BCUT2D eigenvalue weighted by Crippen LogP contribution is -2.40. The maximum absolute atomic E-state index is 5.21. The number of nitrogens with zero attached hydrogens (tertiary/aromatic N) is 1. The molecule has 0 radical (unpaired) electrons. The minimum absolute atomic E-state index is 0.413. The zero-order valence-corrected chi connectivity index (χ0v) is 11.9. The number of rotatable bonds is 4. The van der Waals surface area contributed by atoms with Gasteiger partial charge in [0.1, 0.15) is 5.75 Å². The van der Waals surface area contributed by atoms with Crippen molar-refractivity contribution in [3.05, 3.63) is 29.8 Å². The molecule has 2 aliphatic rings. The molecule has 104 valence electrons. The summed E-state index contributed by atoms with van der Waals surface area (Å²) in [6, 6.07) is 10.3. The SMILES string of the molecule is COc1ccc(C(C)NC2CCN3CCCC23)cc1. The monoisotopic (exact) mass is 260 g/mol. The Morgan fingerprint density at radius 2 is 2.00 bits per heavy atom. The first-order chi connectivity index (χ1) is 9.28. The van der Waals surface area contributed by atoms with Crippen LogP contribution in [-0.4, -0.2) is 37.2 Å². The van der Waals surface area contributed by atoms with E-state index in [0.29, 0.717) is 12.1 Å². The van der Waals surface area contributed by atoms with E-state index in [1.54, 1.807) is 7.11 Å². The third-order valence-corrected chi connectivity index (χ3v) is 4.69. The summed E-state index contributed by atoms with van der Waals surface area (Å²) in [5.74, 6) is 0.929. The highest BCUT2D eigenvalue weighted by Gasteiger charge is 2.37. The van der Waals surface area contributed by atoms with Crippen LogP contribution in [0.5, 0.6) is 5.75 Å². The predicted molar refractivity (Wildman–Crippen MR) is 77.5 cm³/mol. The molecule has 2 heterocycles. The first-order valence-corrected chi connectivity index (χ1v) is 7.42. The molecule has 1 aromatic rings. The Kier molecular flexibility index (Phi) is 3.76. The van der Waals surface area contributed by atoms with Gasteiger partial charge in [0, 0.05) is 24.7 Å². The fourth-order valence-electron chi connectivity index (χ4n) is 3.59. The predicted octanol–water partition coefficient (Wildman–Crippen LogP) is 2.58. The molecule has 3 rings (SSSR count). The molecule has 0 saturated carbocycles. The summed E-state index contributed by atoms with van der Waals surface area (Å²) < 4.78 is 5.21. The second-order valence-corrected chi connectivity index (χ2v) is 5.80. The van der Waals surface area contributed by atoms with Crippen LogP contribution in [0.25, 0.3) is 0 Å². The van der Waals surface area contributed by atoms with Crippen molar-refractivity contribution in [1.29, 1.82) is 0 Å². The number of nitrogens with one attached hydrogen (secondary N) is 1. The molecule has 0 aromatic heterocycles. The van der Waals surface area contributed by atoms with Gasteiger partial charge in [-0.05, 0) is 50.4 Å². The van der Waals surface area contributed by atoms with E-state index in [1.165, 1.54) is 37.9 Å². The molecule has 1 N–H and O–H groups in total. The second-order valence-electron chi connectivity index (χ2n) is 5.80. The highest BCUT2D eigenvalue weighted by molar-refractivity contribution is 5.29. The van der Waals surface area contributed by atoms with Crippen LogP contribution in [0.3, 0.4) is 0 Å². The van der Waals surface area contributed by atoms with Gasteiger partial charge in [0.05, 0.1) is 7.11 Å². The molecule has 3 nitrogen and oxygen atoms in total. The largest absolute Gasteiger partial charge is 0.497 e. The van der Waals surface area contributed by atoms with Gasteiger partial charge in [-0.15, -0.1) is 0 Å². The molecule has 1 aromatic carbocycles. The molecule has 2 saturated heterocycles. The van der Waals surface area contributed by atoms with Crippen molar-refractivity contribution in [3.63, 3.8) is 0 Å². The van der Waals surface area contributed by atoms with Crippen LogP contribution in [0.1, 0.15) is 37.8 Å². The van der Waals surface area contributed by atoms with E-state index in [9.17, 15) is 0 Å². The Hall–Kier alpha value is -1.06. The average Bonchev–Trinajstić information content (AvgIpc) is 3.04. The van der Waals surface area contributed by atoms with Gasteiger partial charge >= 0.3 is 0 Å². The van der Waals surface area contributed by atoms with Gasteiger partial charge in [0.25, 0.3) is 0 Å². The van der Waals surface area contributed by atoms with Crippen LogP contribution in [0.2, 0.25) is 0 Å². The van der Waals surface area contributed by atoms with Crippen molar-refractivity contribution in [2.45, 2.75) is 44.3 Å². The molecule has 3 heteroatoms. The first-order valence-electron chi connectivity index (χ1n) is 7.42. The van der Waals surface area contributed by atoms with Gasteiger partial charge in [-0.25, -0.2) is 0 Å². The number of methoxy groups -OCH3 is 1. The molecule has 3 atom stereocenters. The van der Waals surface area contributed by atoms with Crippen molar-refractivity contribution in [2.24, 2.45) is 0 Å². The summed E-state index contributed by atoms with van der Waals surface area (Å²) >= 11 is 0. The Balaban J connectivity index is 1.62. The highest BCUT2D eigenvalue weighted by Crippen LogP contribution is 2.29. The number of benzene rings is 1. The molecule has 0 spiro atoms. The standard InChI is InChI=1S/C16H24N2O/c1-12(13-5-7-14(19-2)8-6-13)17-15-9-11-18-10-3-4-16(15)18/h5-8,12,15-17H,3-4,9-11H2,1-2H3. The van der Waals surface area contributed by atoms with Crippen molar-refractivity contribution in [2.75, 3.05) is 20.2 Å². The molecular weight excluding hydrogens is 236 g/mol. The summed E-state index contributed by atoms with van der Waals surface area (Å²) in [4.78, 5) is 2.65. The van der Waals surface area contributed by atoms with E-state index in [4.69, 9.17) is 4.74 Å². The second kappa shape index (κ2) is 5.51. The lowest BCUT2D eigenvalue weighted by molar-refractivity contribution is 0.291. The average molecular weight is 260 g/mol. The summed E-state index contributed by atoms with van der Waals surface area (Å²) in [7, 11) is 1.71. The van der Waals surface area contributed by atoms with Crippen molar-refractivity contribution in [1.82, 2.24) is 10.2 Å². The molecule has 0 amide bonds. The van der Waals surface area contributed by atoms with Gasteiger partial charge in [0.15, 0.2) is 0 Å². The van der Waals surface area contributed by atoms with Crippen molar-refractivity contribution < 1.29 is 4.74 Å². The Bertz CT molecular complexity index is 417. The van der Waals surface area contributed by atoms with Crippen LogP contribution < -0.4 is 10.1 Å². The number of hydrogen-bond donors (Lipinski definition) is 1. The molecule has 2 fully saturated rings. The Morgan fingerprint density at radius 3 is 2.74 bits per heavy atom. The van der Waals surface area contributed by atoms with Crippen molar-refractivity contribution >= 4 is 0 Å². The fourth-order valence-corrected chi connectivity index (χ4v) is 3.59. The van der Waals surface area contributed by atoms with Gasteiger partial charge in [0.2, 0.25) is 0 Å². The van der Waals surface area contributed by atoms with E-state index in [-0.39, 0.29) is 0 Å². The van der Waals surface area contributed by atoms with Gasteiger partial charge in [-0.2, -0.15) is 0 Å². The third-order valence-electron chi connectivity index (χ3n) is 4.69. The lowest BCUT2D eigenvalue weighted by atomic mass is 10.0. The molecule has 19 heavy (non-hydrogen) atoms. The van der Waals surface area contributed by atoms with Crippen LogP contribution in [0.15, 0.2) is 24.3 Å². The van der Waals surface area contributed by atoms with E-state index < -0.39 is 0 Å². The summed E-state index contributed by atoms with van der Waals surface area (Å²) in [6.07, 6.45) is 4.04. The first kappa shape index (κ1) is 12.9. The van der Waals surface area contributed by atoms with Crippen LogP contribution >= 0.6 is 0 Å². The zero-order chi connectivity index (χ0) is 13.2. The zero-order valence-electron chi connectivity index (χ0n) is 11.9. The third kappa shape index (κ3) is 2.63. The number of fused-ring (bicyclic) bond motifs is 1. The minimum atomic E-state index is 0.413. The maximum atomic E-state index is 5.21.